The van der Waals surface area contributed by atoms with E-state index in [1.54, 1.807) is 17.7 Å². The monoisotopic (exact) mass is 302 g/mol. The third-order valence-electron chi connectivity index (χ3n) is 3.99. The molecule has 1 N–H and O–H groups in total. The number of fused-ring (bicyclic) bond motifs is 1. The summed E-state index contributed by atoms with van der Waals surface area (Å²) in [4.78, 5) is 25.8. The first-order valence-electron chi connectivity index (χ1n) is 7.22. The highest BCUT2D eigenvalue weighted by molar-refractivity contribution is 5.92. The van der Waals surface area contributed by atoms with Gasteiger partial charge in [0.1, 0.15) is 5.56 Å². The molecule has 0 amide bonds. The van der Waals surface area contributed by atoms with Crippen molar-refractivity contribution in [3.8, 4) is 0 Å². The molecule has 116 valence electrons. The minimum atomic E-state index is -1.19. The van der Waals surface area contributed by atoms with Crippen LogP contribution >= 0.6 is 0 Å². The Morgan fingerprint density at radius 1 is 1.32 bits per heavy atom. The van der Waals surface area contributed by atoms with Gasteiger partial charge in [0, 0.05) is 38.3 Å². The van der Waals surface area contributed by atoms with Crippen LogP contribution in [0.2, 0.25) is 0 Å². The molecule has 0 atom stereocenters. The Bertz CT molecular complexity index is 776. The second-order valence-corrected chi connectivity index (χ2v) is 5.53. The summed E-state index contributed by atoms with van der Waals surface area (Å²) < 4.78 is 7.00. The van der Waals surface area contributed by atoms with Crippen LogP contribution < -0.4 is 5.43 Å². The number of ether oxygens (including phenoxy) is 1. The molecule has 6 heteroatoms. The largest absolute Gasteiger partial charge is 0.477 e. The fourth-order valence-corrected chi connectivity index (χ4v) is 2.81. The van der Waals surface area contributed by atoms with Crippen LogP contribution in [0, 0.1) is 0 Å². The van der Waals surface area contributed by atoms with Crippen LogP contribution in [0.4, 0.5) is 0 Å². The summed E-state index contributed by atoms with van der Waals surface area (Å²) in [5, 5.41) is 9.60. The maximum Gasteiger partial charge on any atom is 0.341 e. The number of hydrogen-bond acceptors (Lipinski definition) is 4. The predicted molar refractivity (Wildman–Crippen MR) is 82.2 cm³/mol. The van der Waals surface area contributed by atoms with Crippen LogP contribution in [-0.2, 0) is 18.3 Å². The number of aryl methyl sites for hydroxylation is 1. The van der Waals surface area contributed by atoms with E-state index in [4.69, 9.17) is 9.84 Å². The highest BCUT2D eigenvalue weighted by Gasteiger charge is 2.15. The Kier molecular flexibility index (Phi) is 3.96. The molecule has 0 unspecified atom stereocenters. The van der Waals surface area contributed by atoms with Crippen molar-refractivity contribution in [1.29, 1.82) is 0 Å². The Labute approximate surface area is 127 Å². The van der Waals surface area contributed by atoms with Gasteiger partial charge in [0.05, 0.1) is 18.7 Å². The number of rotatable bonds is 3. The molecule has 0 saturated carbocycles. The minimum absolute atomic E-state index is 0.196. The molecule has 0 radical (unpaired) electrons. The number of carboxylic acid groups (broad SMARTS) is 1. The van der Waals surface area contributed by atoms with Gasteiger partial charge in [-0.1, -0.05) is 6.07 Å². The van der Waals surface area contributed by atoms with E-state index in [2.05, 4.69) is 4.90 Å². The third kappa shape index (κ3) is 2.75. The third-order valence-corrected chi connectivity index (χ3v) is 3.99. The summed E-state index contributed by atoms with van der Waals surface area (Å²) in [5.41, 5.74) is 1.12. The van der Waals surface area contributed by atoms with Crippen LogP contribution in [0.5, 0.6) is 0 Å². The summed E-state index contributed by atoms with van der Waals surface area (Å²) >= 11 is 0. The summed E-state index contributed by atoms with van der Waals surface area (Å²) in [6.07, 6.45) is 1.37. The Morgan fingerprint density at radius 2 is 2.05 bits per heavy atom. The van der Waals surface area contributed by atoms with E-state index in [0.717, 1.165) is 43.9 Å². The lowest BCUT2D eigenvalue weighted by Crippen LogP contribution is -2.35. The molecule has 1 aromatic heterocycles. The Morgan fingerprint density at radius 3 is 2.73 bits per heavy atom. The van der Waals surface area contributed by atoms with Gasteiger partial charge < -0.3 is 14.4 Å². The van der Waals surface area contributed by atoms with Gasteiger partial charge in [-0.05, 0) is 17.7 Å². The zero-order valence-corrected chi connectivity index (χ0v) is 12.4. The van der Waals surface area contributed by atoms with E-state index >= 15 is 0 Å². The zero-order chi connectivity index (χ0) is 15.7. The average molecular weight is 302 g/mol. The van der Waals surface area contributed by atoms with E-state index < -0.39 is 11.4 Å². The van der Waals surface area contributed by atoms with Crippen molar-refractivity contribution in [3.05, 3.63) is 45.7 Å². The van der Waals surface area contributed by atoms with Gasteiger partial charge in [0.2, 0.25) is 5.43 Å². The lowest BCUT2D eigenvalue weighted by Gasteiger charge is -2.26. The summed E-state index contributed by atoms with van der Waals surface area (Å²) in [6, 6.07) is 5.66. The minimum Gasteiger partial charge on any atom is -0.477 e. The van der Waals surface area contributed by atoms with Gasteiger partial charge in [0.15, 0.2) is 0 Å². The van der Waals surface area contributed by atoms with Crippen molar-refractivity contribution >= 4 is 16.9 Å². The molecule has 6 nitrogen and oxygen atoms in total. The van der Waals surface area contributed by atoms with Gasteiger partial charge in [-0.3, -0.25) is 9.69 Å². The molecule has 22 heavy (non-hydrogen) atoms. The molecule has 0 spiro atoms. The van der Waals surface area contributed by atoms with Crippen molar-refractivity contribution in [2.75, 3.05) is 26.3 Å². The molecular formula is C16H18N2O4. The zero-order valence-electron chi connectivity index (χ0n) is 12.4. The van der Waals surface area contributed by atoms with Crippen LogP contribution in [-0.4, -0.2) is 46.8 Å². The first-order valence-corrected chi connectivity index (χ1v) is 7.22. The van der Waals surface area contributed by atoms with E-state index in [1.807, 2.05) is 12.1 Å². The number of aromatic nitrogens is 1. The lowest BCUT2D eigenvalue weighted by molar-refractivity contribution is 0.0342. The molecule has 1 aromatic carbocycles. The normalized spacial score (nSPS) is 16.0. The highest BCUT2D eigenvalue weighted by atomic mass is 16.5. The molecule has 1 aliphatic rings. The number of benzene rings is 1. The second-order valence-electron chi connectivity index (χ2n) is 5.53. The van der Waals surface area contributed by atoms with Crippen molar-refractivity contribution in [3.63, 3.8) is 0 Å². The molecule has 1 saturated heterocycles. The lowest BCUT2D eigenvalue weighted by atomic mass is 10.1. The van der Waals surface area contributed by atoms with Crippen LogP contribution in [0.3, 0.4) is 0 Å². The molecule has 0 aliphatic carbocycles. The van der Waals surface area contributed by atoms with Gasteiger partial charge in [-0.15, -0.1) is 0 Å². The number of nitrogens with zero attached hydrogens (tertiary/aromatic N) is 2. The highest BCUT2D eigenvalue weighted by Crippen LogP contribution is 2.15. The quantitative estimate of drug-likeness (QED) is 0.918. The fourth-order valence-electron chi connectivity index (χ4n) is 2.81. The van der Waals surface area contributed by atoms with Crippen LogP contribution in [0.1, 0.15) is 15.9 Å². The standard InChI is InChI=1S/C16H18N2O4/c1-17-10-13(16(20)21)15(19)12-8-11(2-3-14(12)17)9-18-4-6-22-7-5-18/h2-3,8,10H,4-7,9H2,1H3,(H,20,21). The fraction of sp³-hybridized carbons (Fsp3) is 0.375. The number of pyridine rings is 1. The van der Waals surface area contributed by atoms with Crippen molar-refractivity contribution in [2.24, 2.45) is 7.05 Å². The molecule has 1 fully saturated rings. The topological polar surface area (TPSA) is 71.8 Å². The van der Waals surface area contributed by atoms with Crippen molar-refractivity contribution in [2.45, 2.75) is 6.54 Å². The van der Waals surface area contributed by atoms with E-state index in [0.29, 0.717) is 5.39 Å². The maximum absolute atomic E-state index is 12.3. The molecule has 1 aliphatic heterocycles. The van der Waals surface area contributed by atoms with Gasteiger partial charge in [-0.2, -0.15) is 0 Å². The SMILES string of the molecule is Cn1cc(C(=O)O)c(=O)c2cc(CN3CCOCC3)ccc21. The molecule has 2 aromatic rings. The Balaban J connectivity index is 2.02. The Hall–Kier alpha value is -2.18. The first kappa shape index (κ1) is 14.7. The maximum atomic E-state index is 12.3. The van der Waals surface area contributed by atoms with Crippen LogP contribution in [0.25, 0.3) is 10.9 Å². The molecule has 3 rings (SSSR count). The predicted octanol–water partition coefficient (Wildman–Crippen LogP) is 1.07. The summed E-state index contributed by atoms with van der Waals surface area (Å²) in [7, 11) is 1.75. The van der Waals surface area contributed by atoms with Crippen molar-refractivity contribution in [1.82, 2.24) is 9.47 Å². The smallest absolute Gasteiger partial charge is 0.341 e. The molecular weight excluding hydrogens is 284 g/mol. The molecule has 0 bridgehead atoms. The number of carbonyl (C=O) groups is 1. The molecule has 2 heterocycles. The van der Waals surface area contributed by atoms with E-state index in [-0.39, 0.29) is 5.56 Å². The number of aromatic carboxylic acids is 1. The number of morpholine rings is 1. The van der Waals surface area contributed by atoms with Crippen LogP contribution in [0.15, 0.2) is 29.2 Å². The van der Waals surface area contributed by atoms with E-state index in [9.17, 15) is 9.59 Å². The summed E-state index contributed by atoms with van der Waals surface area (Å²) in [6.45, 7) is 3.91. The first-order chi connectivity index (χ1) is 10.6. The number of hydrogen-bond donors (Lipinski definition) is 1. The van der Waals surface area contributed by atoms with Gasteiger partial charge >= 0.3 is 5.97 Å². The second kappa shape index (κ2) is 5.90. The van der Waals surface area contributed by atoms with Crippen molar-refractivity contribution < 1.29 is 14.6 Å². The average Bonchev–Trinajstić information content (AvgIpc) is 2.51. The number of carboxylic acids is 1. The van der Waals surface area contributed by atoms with Gasteiger partial charge in [0.25, 0.3) is 0 Å². The summed E-state index contributed by atoms with van der Waals surface area (Å²) in [5.74, 6) is -1.19. The van der Waals surface area contributed by atoms with E-state index in [1.165, 1.54) is 6.20 Å². The van der Waals surface area contributed by atoms with Gasteiger partial charge in [-0.25, -0.2) is 4.79 Å².